The first kappa shape index (κ1) is 12.6. The van der Waals surface area contributed by atoms with Crippen molar-refractivity contribution in [1.29, 1.82) is 0 Å². The van der Waals surface area contributed by atoms with Gasteiger partial charge in [-0.3, -0.25) is 0 Å². The Morgan fingerprint density at radius 1 is 0.382 bits per heavy atom. The van der Waals surface area contributed by atoms with Gasteiger partial charge >= 0.3 is 0 Å². The Bertz CT molecular complexity index is 4670. The highest BCUT2D eigenvalue weighted by molar-refractivity contribution is 6.27. The molecule has 0 aliphatic carbocycles. The lowest BCUT2D eigenvalue weighted by Crippen LogP contribution is -2.11. The van der Waals surface area contributed by atoms with E-state index in [-0.39, 0.29) is 0 Å². The minimum atomic E-state index is -1.25. The summed E-state index contributed by atoms with van der Waals surface area (Å²) in [6.45, 7) is 0. The first-order valence-corrected chi connectivity index (χ1v) is 15.8. The third-order valence-electron chi connectivity index (χ3n) is 7.92. The summed E-state index contributed by atoms with van der Waals surface area (Å²) >= 11 is 0. The Kier molecular flexibility index (Phi) is 3.17. The van der Waals surface area contributed by atoms with E-state index in [1.807, 2.05) is 0 Å². The van der Waals surface area contributed by atoms with Gasteiger partial charge in [0.1, 0.15) is 0 Å². The highest BCUT2D eigenvalue weighted by Gasteiger charge is 2.23. The number of nitrogens with zero attached hydrogens (tertiary/aromatic N) is 4. The molecule has 0 N–H and O–H groups in total. The van der Waals surface area contributed by atoms with Crippen LogP contribution >= 0.6 is 0 Å². The number of fused-ring (bicyclic) bond motifs is 5. The van der Waals surface area contributed by atoms with Crippen LogP contribution in [0.3, 0.4) is 0 Å². The molecule has 4 nitrogen and oxygen atoms in total. The molecule has 0 saturated heterocycles. The van der Waals surface area contributed by atoms with Crippen LogP contribution in [0.15, 0.2) is 205 Å². The highest BCUT2D eigenvalue weighted by Crippen LogP contribution is 2.47. The molecule has 10 rings (SSSR count). The van der Waals surface area contributed by atoms with E-state index in [9.17, 15) is 17.8 Å². The zero-order valence-electron chi connectivity index (χ0n) is 61.3. The Morgan fingerprint density at radius 2 is 0.891 bits per heavy atom. The van der Waals surface area contributed by atoms with Crippen molar-refractivity contribution in [2.45, 2.75) is 0 Å². The number of hydrogen-bond acceptors (Lipinski definition) is 4. The maximum Gasteiger partial charge on any atom is 0.160 e. The van der Waals surface area contributed by atoms with E-state index in [0.717, 1.165) is 0 Å². The molecule has 0 aliphatic rings. The predicted octanol–water partition coefficient (Wildman–Crippen LogP) is 13.5. The van der Waals surface area contributed by atoms with Gasteiger partial charge in [-0.15, -0.1) is 0 Å². The van der Waals surface area contributed by atoms with Crippen molar-refractivity contribution in [3.8, 4) is 45.2 Å². The molecule has 4 heteroatoms. The second-order valence-electron chi connectivity index (χ2n) is 11.1. The summed E-state index contributed by atoms with van der Waals surface area (Å²) < 4.78 is 307. The molecule has 10 aromatic rings. The fourth-order valence-corrected chi connectivity index (χ4v) is 5.70. The third kappa shape index (κ3) is 5.96. The van der Waals surface area contributed by atoms with Crippen LogP contribution in [-0.4, -0.2) is 15.0 Å². The largest absolute Gasteiger partial charge is 0.310 e. The normalized spacial score (nSPS) is 19.9. The van der Waals surface area contributed by atoms with Gasteiger partial charge in [0, 0.05) is 49.8 Å². The number of benzene rings is 8. The number of rotatable bonds is 7. The first-order valence-electron chi connectivity index (χ1n) is 32.8. The van der Waals surface area contributed by atoms with Gasteiger partial charge in [-0.05, 0) is 65.2 Å². The van der Waals surface area contributed by atoms with Crippen molar-refractivity contribution in [2.75, 3.05) is 4.90 Å². The fourth-order valence-electron chi connectivity index (χ4n) is 5.70. The SMILES string of the molecule is [2H]c1c(-c2c([2H])c([2H])c([2H])c([2H])c2[2H])nc(-c2c([2H])c([2H])c3nc(-c4c([2H])c([2H])c([2H])c([2H])c4[2H])c4c(N(c5c([2H])c([2H])c([2H])c([2H])c5[2H])c5c([2H])c([2H])c([2H])c([2H])c5[2H])c([2H])c5c([2H])c([2H])c([2H])c([2H])c5c4c3c2[2H])nc1-c1c([2H])c([2H])c([2H])c([2H])c1[2H]. The van der Waals surface area contributed by atoms with Gasteiger partial charge in [-0.2, -0.15) is 0 Å². The van der Waals surface area contributed by atoms with Gasteiger partial charge in [-0.1, -0.05) is 151 Å². The molecule has 0 spiro atoms. The van der Waals surface area contributed by atoms with E-state index in [2.05, 4.69) is 15.0 Å². The molecular weight excluding hydrogens is 669 g/mol. The molecule has 8 aromatic carbocycles. The van der Waals surface area contributed by atoms with Gasteiger partial charge in [0.05, 0.1) is 74.9 Å². The predicted molar refractivity (Wildman–Crippen MR) is 229 cm³/mol. The fraction of sp³-hybridized carbons (Fsp3) is 0. The van der Waals surface area contributed by atoms with E-state index in [4.69, 9.17) is 28.8 Å². The second-order valence-corrected chi connectivity index (χ2v) is 11.1. The summed E-state index contributed by atoms with van der Waals surface area (Å²) in [6, 6.07) is -37.5. The van der Waals surface area contributed by atoms with Crippen molar-refractivity contribution in [3.05, 3.63) is 205 Å². The summed E-state index contributed by atoms with van der Waals surface area (Å²) in [5, 5.41) is -4.66. The quantitative estimate of drug-likeness (QED) is 0.153. The molecule has 2 heterocycles. The summed E-state index contributed by atoms with van der Waals surface area (Å²) in [5.41, 5.74) is -11.2. The standard InChI is InChI=1S/C51H34N4/c1-6-18-35(19-7-1)45-34-46(36-20-8-2-9-21-36)54-51(53-45)39-30-31-44-43(32-39)48-42-29-17-16-24-38(42)33-47(49(48)50(52-44)37-22-10-3-11-23-37)55(40-25-12-4-13-26-40)41-27-14-5-15-28-41/h1-34H/i1D,2D,3D,4D,5D,6D,7D,8D,9D,10D,11D,12D,13D,14D,15D,16D,17D,18D,19D,20D,21D,22D,23D,24D,25D,26D,27D,28D,29D,30D,31D,32D,33D,34D. The maximum absolute atomic E-state index is 10.3. The summed E-state index contributed by atoms with van der Waals surface area (Å²) in [7, 11) is 0. The third-order valence-corrected chi connectivity index (χ3v) is 7.92. The van der Waals surface area contributed by atoms with Crippen molar-refractivity contribution < 1.29 is 46.6 Å². The Morgan fingerprint density at radius 3 is 1.47 bits per heavy atom. The highest BCUT2D eigenvalue weighted by atomic mass is 15.1. The molecule has 258 valence electrons. The number of pyridine rings is 1. The van der Waals surface area contributed by atoms with Crippen LogP contribution in [-0.2, 0) is 0 Å². The van der Waals surface area contributed by atoms with Gasteiger partial charge in [0.2, 0.25) is 0 Å². The monoisotopic (exact) mass is 736 g/mol. The number of para-hydroxylation sites is 2. The van der Waals surface area contributed by atoms with E-state index in [0.29, 0.717) is 4.90 Å². The molecule has 0 amide bonds. The van der Waals surface area contributed by atoms with Gasteiger partial charge in [0.25, 0.3) is 0 Å². The van der Waals surface area contributed by atoms with Crippen LogP contribution in [0.4, 0.5) is 17.1 Å². The molecular formula is C51H34N4. The second kappa shape index (κ2) is 13.8. The lowest BCUT2D eigenvalue weighted by Gasteiger charge is -2.28. The average molecular weight is 737 g/mol. The van der Waals surface area contributed by atoms with Gasteiger partial charge in [-0.25, -0.2) is 15.0 Å². The molecule has 0 radical (unpaired) electrons. The van der Waals surface area contributed by atoms with Crippen molar-refractivity contribution in [3.63, 3.8) is 0 Å². The minimum Gasteiger partial charge on any atom is -0.310 e. The topological polar surface area (TPSA) is 41.9 Å². The Labute approximate surface area is 367 Å². The number of aromatic nitrogens is 3. The van der Waals surface area contributed by atoms with Crippen LogP contribution in [0, 0.1) is 0 Å². The lowest BCUT2D eigenvalue weighted by atomic mass is 9.92. The minimum absolute atomic E-state index is 0.359. The summed E-state index contributed by atoms with van der Waals surface area (Å²) in [6.07, 6.45) is 0. The van der Waals surface area contributed by atoms with Crippen molar-refractivity contribution >= 4 is 49.5 Å². The number of anilines is 3. The Hall–Kier alpha value is -7.43. The van der Waals surface area contributed by atoms with Crippen LogP contribution < -0.4 is 4.90 Å². The molecule has 0 saturated carbocycles. The van der Waals surface area contributed by atoms with Crippen LogP contribution in [0.5, 0.6) is 0 Å². The zero-order valence-corrected chi connectivity index (χ0v) is 27.3. The molecule has 2 aromatic heterocycles. The summed E-state index contributed by atoms with van der Waals surface area (Å²) in [4.78, 5) is 13.6. The maximum atomic E-state index is 10.3. The smallest absolute Gasteiger partial charge is 0.160 e. The zero-order chi connectivity index (χ0) is 66.1. The molecule has 0 unspecified atom stereocenters. The molecule has 0 bridgehead atoms. The van der Waals surface area contributed by atoms with E-state index < -0.39 is 300 Å². The molecule has 55 heavy (non-hydrogen) atoms. The van der Waals surface area contributed by atoms with Gasteiger partial charge < -0.3 is 4.90 Å². The van der Waals surface area contributed by atoms with Crippen LogP contribution in [0.25, 0.3) is 77.6 Å². The van der Waals surface area contributed by atoms with E-state index in [1.54, 1.807) is 0 Å². The molecule has 0 fully saturated rings. The summed E-state index contributed by atoms with van der Waals surface area (Å²) in [5.74, 6) is -1.07. The van der Waals surface area contributed by atoms with E-state index >= 15 is 0 Å². The van der Waals surface area contributed by atoms with Crippen LogP contribution in [0.1, 0.15) is 46.6 Å². The van der Waals surface area contributed by atoms with Crippen molar-refractivity contribution in [2.24, 2.45) is 0 Å². The molecule has 0 atom stereocenters. The van der Waals surface area contributed by atoms with Gasteiger partial charge in [0.15, 0.2) is 5.82 Å². The van der Waals surface area contributed by atoms with E-state index in [1.165, 1.54) is 0 Å². The van der Waals surface area contributed by atoms with Crippen molar-refractivity contribution in [1.82, 2.24) is 15.0 Å². The lowest BCUT2D eigenvalue weighted by molar-refractivity contribution is 1.18. The molecule has 0 aliphatic heterocycles. The average Bonchev–Trinajstić information content (AvgIpc) is 0.690. The Balaban J connectivity index is 1.59. The number of hydrogen-bond donors (Lipinski definition) is 0. The first-order chi connectivity index (χ1) is 41.4. The van der Waals surface area contributed by atoms with Crippen LogP contribution in [0.2, 0.25) is 0 Å².